The SMILES string of the molecule is CC1CN(C(=O)c2cn(-c3ccc(Cl)c(Cl)c3)cn2)c2ccccc21. The summed E-state index contributed by atoms with van der Waals surface area (Å²) in [6.07, 6.45) is 3.33. The summed E-state index contributed by atoms with van der Waals surface area (Å²) >= 11 is 12.0. The molecule has 2 aromatic carbocycles. The number of rotatable bonds is 2. The standard InChI is InChI=1S/C19H15Cl2N3O/c1-12-9-24(18-5-3-2-4-14(12)18)19(25)17-10-23(11-22-17)13-6-7-15(20)16(21)8-13/h2-8,10-12H,9H2,1H3. The molecule has 0 aliphatic carbocycles. The number of para-hydroxylation sites is 1. The van der Waals surface area contributed by atoms with Crippen LogP contribution in [0.5, 0.6) is 0 Å². The van der Waals surface area contributed by atoms with Crippen molar-refractivity contribution in [2.45, 2.75) is 12.8 Å². The number of nitrogens with zero attached hydrogens (tertiary/aromatic N) is 3. The van der Waals surface area contributed by atoms with Crippen molar-refractivity contribution in [2.24, 2.45) is 0 Å². The summed E-state index contributed by atoms with van der Waals surface area (Å²) in [6.45, 7) is 2.79. The topological polar surface area (TPSA) is 38.1 Å². The van der Waals surface area contributed by atoms with Crippen LogP contribution in [0, 0.1) is 0 Å². The number of imidazole rings is 1. The van der Waals surface area contributed by atoms with E-state index in [1.165, 1.54) is 5.56 Å². The number of benzene rings is 2. The van der Waals surface area contributed by atoms with Crippen LogP contribution in [-0.2, 0) is 0 Å². The summed E-state index contributed by atoms with van der Waals surface area (Å²) in [6, 6.07) is 13.3. The van der Waals surface area contributed by atoms with E-state index in [4.69, 9.17) is 23.2 Å². The first-order valence-corrected chi connectivity index (χ1v) is 8.70. The van der Waals surface area contributed by atoms with E-state index in [1.54, 1.807) is 34.1 Å². The molecule has 1 amide bonds. The minimum atomic E-state index is -0.101. The van der Waals surface area contributed by atoms with Crippen LogP contribution in [0.25, 0.3) is 5.69 Å². The molecule has 0 radical (unpaired) electrons. The minimum Gasteiger partial charge on any atom is -0.306 e. The molecule has 3 aromatic rings. The molecule has 0 fully saturated rings. The van der Waals surface area contributed by atoms with Gasteiger partial charge in [0, 0.05) is 30.0 Å². The first-order chi connectivity index (χ1) is 12.0. The number of amides is 1. The summed E-state index contributed by atoms with van der Waals surface area (Å²) in [5.41, 5.74) is 3.36. The van der Waals surface area contributed by atoms with Gasteiger partial charge in [0.05, 0.1) is 10.0 Å². The van der Waals surface area contributed by atoms with Crippen molar-refractivity contribution in [1.29, 1.82) is 0 Å². The highest BCUT2D eigenvalue weighted by Crippen LogP contribution is 2.36. The molecule has 1 atom stereocenters. The quantitative estimate of drug-likeness (QED) is 0.639. The smallest absolute Gasteiger partial charge is 0.278 e. The Labute approximate surface area is 155 Å². The normalized spacial score (nSPS) is 16.1. The summed E-state index contributed by atoms with van der Waals surface area (Å²) in [5, 5.41) is 0.951. The first kappa shape index (κ1) is 16.2. The van der Waals surface area contributed by atoms with E-state index >= 15 is 0 Å². The van der Waals surface area contributed by atoms with E-state index in [0.717, 1.165) is 11.4 Å². The van der Waals surface area contributed by atoms with Gasteiger partial charge in [-0.1, -0.05) is 48.3 Å². The van der Waals surface area contributed by atoms with Gasteiger partial charge in [0.15, 0.2) is 0 Å². The Kier molecular flexibility index (Phi) is 4.02. The molecular formula is C19H15Cl2N3O. The van der Waals surface area contributed by atoms with Crippen molar-refractivity contribution in [2.75, 3.05) is 11.4 Å². The lowest BCUT2D eigenvalue weighted by Gasteiger charge is -2.16. The number of halogens is 2. The Morgan fingerprint density at radius 2 is 1.96 bits per heavy atom. The van der Waals surface area contributed by atoms with Gasteiger partial charge in [0.1, 0.15) is 12.0 Å². The van der Waals surface area contributed by atoms with E-state index in [2.05, 4.69) is 18.0 Å². The van der Waals surface area contributed by atoms with Crippen molar-refractivity contribution in [3.8, 4) is 5.69 Å². The van der Waals surface area contributed by atoms with Crippen LogP contribution in [0.3, 0.4) is 0 Å². The molecule has 6 heteroatoms. The molecule has 0 spiro atoms. The number of carbonyl (C=O) groups excluding carboxylic acids is 1. The molecule has 4 nitrogen and oxygen atoms in total. The molecule has 2 heterocycles. The average molecular weight is 372 g/mol. The Bertz CT molecular complexity index is 967. The van der Waals surface area contributed by atoms with Crippen molar-refractivity contribution in [3.05, 3.63) is 76.3 Å². The fraction of sp³-hybridized carbons (Fsp3) is 0.158. The van der Waals surface area contributed by atoms with Crippen molar-refractivity contribution in [1.82, 2.24) is 9.55 Å². The molecule has 25 heavy (non-hydrogen) atoms. The maximum absolute atomic E-state index is 12.9. The molecular weight excluding hydrogens is 357 g/mol. The maximum atomic E-state index is 12.9. The molecule has 4 rings (SSSR count). The van der Waals surface area contributed by atoms with Crippen molar-refractivity contribution < 1.29 is 4.79 Å². The van der Waals surface area contributed by atoms with Gasteiger partial charge in [0.25, 0.3) is 5.91 Å². The van der Waals surface area contributed by atoms with Crippen LogP contribution in [-0.4, -0.2) is 22.0 Å². The number of anilines is 1. The van der Waals surface area contributed by atoms with Crippen LogP contribution in [0.4, 0.5) is 5.69 Å². The molecule has 0 saturated heterocycles. The molecule has 0 N–H and O–H groups in total. The van der Waals surface area contributed by atoms with Crippen LogP contribution < -0.4 is 4.90 Å². The third-order valence-electron chi connectivity index (χ3n) is 4.46. The van der Waals surface area contributed by atoms with E-state index in [9.17, 15) is 4.79 Å². The first-order valence-electron chi connectivity index (χ1n) is 7.95. The van der Waals surface area contributed by atoms with Gasteiger partial charge in [-0.2, -0.15) is 0 Å². The van der Waals surface area contributed by atoms with Crippen molar-refractivity contribution >= 4 is 34.8 Å². The van der Waals surface area contributed by atoms with Gasteiger partial charge >= 0.3 is 0 Å². The predicted octanol–water partition coefficient (Wildman–Crippen LogP) is 4.94. The van der Waals surface area contributed by atoms with Crippen LogP contribution in [0.15, 0.2) is 55.0 Å². The molecule has 0 saturated carbocycles. The van der Waals surface area contributed by atoms with Gasteiger partial charge in [-0.15, -0.1) is 0 Å². The molecule has 126 valence electrons. The molecule has 1 aliphatic rings. The Balaban J connectivity index is 1.64. The van der Waals surface area contributed by atoms with Crippen molar-refractivity contribution in [3.63, 3.8) is 0 Å². The highest BCUT2D eigenvalue weighted by molar-refractivity contribution is 6.42. The van der Waals surface area contributed by atoms with Crippen LogP contribution in [0.2, 0.25) is 10.0 Å². The second-order valence-corrected chi connectivity index (χ2v) is 6.95. The van der Waals surface area contributed by atoms with Gasteiger partial charge in [-0.25, -0.2) is 4.98 Å². The molecule has 1 unspecified atom stereocenters. The summed E-state index contributed by atoms with van der Waals surface area (Å²) in [5.74, 6) is 0.216. The zero-order valence-corrected chi connectivity index (χ0v) is 15.0. The largest absolute Gasteiger partial charge is 0.306 e. The lowest BCUT2D eigenvalue weighted by Crippen LogP contribution is -2.29. The zero-order chi connectivity index (χ0) is 17.6. The fourth-order valence-electron chi connectivity index (χ4n) is 3.17. The number of hydrogen-bond acceptors (Lipinski definition) is 2. The number of hydrogen-bond donors (Lipinski definition) is 0. The van der Waals surface area contributed by atoms with Gasteiger partial charge in [-0.05, 0) is 29.8 Å². The third kappa shape index (κ3) is 2.81. The Hall–Kier alpha value is -2.30. The van der Waals surface area contributed by atoms with Crippen LogP contribution >= 0.6 is 23.2 Å². The second-order valence-electron chi connectivity index (χ2n) is 6.14. The highest BCUT2D eigenvalue weighted by Gasteiger charge is 2.31. The van der Waals surface area contributed by atoms with E-state index in [0.29, 0.717) is 28.2 Å². The number of aromatic nitrogens is 2. The van der Waals surface area contributed by atoms with E-state index in [1.807, 2.05) is 24.3 Å². The predicted molar refractivity (Wildman–Crippen MR) is 100 cm³/mol. The maximum Gasteiger partial charge on any atom is 0.278 e. The van der Waals surface area contributed by atoms with Gasteiger partial charge in [0.2, 0.25) is 0 Å². The highest BCUT2D eigenvalue weighted by atomic mass is 35.5. The van der Waals surface area contributed by atoms with Gasteiger partial charge < -0.3 is 9.47 Å². The molecule has 1 aromatic heterocycles. The summed E-state index contributed by atoms with van der Waals surface area (Å²) in [4.78, 5) is 19.0. The average Bonchev–Trinajstić information content (AvgIpc) is 3.23. The molecule has 0 bridgehead atoms. The zero-order valence-electron chi connectivity index (χ0n) is 13.5. The number of carbonyl (C=O) groups is 1. The fourth-order valence-corrected chi connectivity index (χ4v) is 3.46. The minimum absolute atomic E-state index is 0.101. The summed E-state index contributed by atoms with van der Waals surface area (Å²) in [7, 11) is 0. The van der Waals surface area contributed by atoms with Crippen LogP contribution in [0.1, 0.15) is 28.9 Å². The lowest BCUT2D eigenvalue weighted by atomic mass is 10.0. The number of fused-ring (bicyclic) bond motifs is 1. The second kappa shape index (κ2) is 6.21. The Morgan fingerprint density at radius 1 is 1.16 bits per heavy atom. The van der Waals surface area contributed by atoms with Gasteiger partial charge in [-0.3, -0.25) is 4.79 Å². The lowest BCUT2D eigenvalue weighted by molar-refractivity contribution is 0.0984. The molecule has 1 aliphatic heterocycles. The summed E-state index contributed by atoms with van der Waals surface area (Å²) < 4.78 is 1.76. The Morgan fingerprint density at radius 3 is 2.76 bits per heavy atom. The van der Waals surface area contributed by atoms with E-state index in [-0.39, 0.29) is 5.91 Å². The third-order valence-corrected chi connectivity index (χ3v) is 5.20. The van der Waals surface area contributed by atoms with E-state index < -0.39 is 0 Å². The monoisotopic (exact) mass is 371 g/mol.